The SMILES string of the molecule is COc1ccccc1OC[C@H](C)NC(=O)C1CCN(S(=O)(=O)c2ccccc2)CC1. The molecule has 1 N–H and O–H groups in total. The van der Waals surface area contributed by atoms with Crippen molar-refractivity contribution in [3.05, 3.63) is 54.6 Å². The van der Waals surface area contributed by atoms with Crippen molar-refractivity contribution in [1.82, 2.24) is 9.62 Å². The number of carbonyl (C=O) groups is 1. The number of methoxy groups -OCH3 is 1. The van der Waals surface area contributed by atoms with E-state index in [2.05, 4.69) is 5.32 Å². The molecule has 0 bridgehead atoms. The second-order valence-corrected chi connectivity index (χ2v) is 9.30. The van der Waals surface area contributed by atoms with E-state index in [0.29, 0.717) is 44.0 Å². The van der Waals surface area contributed by atoms with E-state index >= 15 is 0 Å². The highest BCUT2D eigenvalue weighted by Crippen LogP contribution is 2.26. The molecular weight excluding hydrogens is 404 g/mol. The summed E-state index contributed by atoms with van der Waals surface area (Å²) >= 11 is 0. The van der Waals surface area contributed by atoms with Crippen molar-refractivity contribution in [3.8, 4) is 11.5 Å². The lowest BCUT2D eigenvalue weighted by Gasteiger charge is -2.31. The zero-order valence-electron chi connectivity index (χ0n) is 17.3. The predicted octanol–water partition coefficient (Wildman–Crippen LogP) is 2.68. The third-order valence-corrected chi connectivity index (χ3v) is 7.07. The molecule has 1 saturated heterocycles. The van der Waals surface area contributed by atoms with Crippen molar-refractivity contribution in [2.24, 2.45) is 5.92 Å². The molecule has 7 nitrogen and oxygen atoms in total. The lowest BCUT2D eigenvalue weighted by Crippen LogP contribution is -2.45. The molecule has 0 radical (unpaired) electrons. The topological polar surface area (TPSA) is 84.9 Å². The van der Waals surface area contributed by atoms with E-state index in [1.165, 1.54) is 4.31 Å². The van der Waals surface area contributed by atoms with Crippen LogP contribution in [0.3, 0.4) is 0 Å². The van der Waals surface area contributed by atoms with Gasteiger partial charge in [-0.2, -0.15) is 4.31 Å². The van der Waals surface area contributed by atoms with Crippen molar-refractivity contribution in [1.29, 1.82) is 0 Å². The summed E-state index contributed by atoms with van der Waals surface area (Å²) in [5.41, 5.74) is 0. The van der Waals surface area contributed by atoms with Crippen LogP contribution in [0.1, 0.15) is 19.8 Å². The van der Waals surface area contributed by atoms with Crippen LogP contribution < -0.4 is 14.8 Å². The number of nitrogens with zero attached hydrogens (tertiary/aromatic N) is 1. The molecule has 0 spiro atoms. The molecule has 1 atom stereocenters. The molecule has 3 rings (SSSR count). The minimum Gasteiger partial charge on any atom is -0.493 e. The van der Waals surface area contributed by atoms with Crippen LogP contribution >= 0.6 is 0 Å². The summed E-state index contributed by atoms with van der Waals surface area (Å²) in [5, 5.41) is 2.97. The summed E-state index contributed by atoms with van der Waals surface area (Å²) in [6.45, 7) is 2.86. The monoisotopic (exact) mass is 432 g/mol. The Morgan fingerprint density at radius 3 is 2.30 bits per heavy atom. The number of amides is 1. The molecule has 1 heterocycles. The average molecular weight is 433 g/mol. The number of hydrogen-bond donors (Lipinski definition) is 1. The number of sulfonamides is 1. The minimum absolute atomic E-state index is 0.0668. The third kappa shape index (κ3) is 5.31. The molecule has 8 heteroatoms. The van der Waals surface area contributed by atoms with Gasteiger partial charge < -0.3 is 14.8 Å². The lowest BCUT2D eigenvalue weighted by molar-refractivity contribution is -0.126. The Kier molecular flexibility index (Phi) is 7.33. The first kappa shape index (κ1) is 22.1. The van der Waals surface area contributed by atoms with Gasteiger partial charge in [0.05, 0.1) is 18.0 Å². The van der Waals surface area contributed by atoms with Crippen LogP contribution in [0.2, 0.25) is 0 Å². The van der Waals surface area contributed by atoms with Crippen LogP contribution in [-0.4, -0.2) is 51.5 Å². The van der Waals surface area contributed by atoms with Gasteiger partial charge in [-0.05, 0) is 44.0 Å². The Labute approximate surface area is 178 Å². The largest absolute Gasteiger partial charge is 0.493 e. The molecule has 0 unspecified atom stereocenters. The maximum atomic E-state index is 12.7. The van der Waals surface area contributed by atoms with Gasteiger partial charge in [-0.25, -0.2) is 8.42 Å². The molecule has 1 aliphatic heterocycles. The Morgan fingerprint density at radius 2 is 1.67 bits per heavy atom. The number of nitrogens with one attached hydrogen (secondary N) is 1. The third-order valence-electron chi connectivity index (χ3n) is 5.15. The number of benzene rings is 2. The Hall–Kier alpha value is -2.58. The van der Waals surface area contributed by atoms with Crippen LogP contribution in [-0.2, 0) is 14.8 Å². The molecule has 2 aromatic carbocycles. The van der Waals surface area contributed by atoms with E-state index in [1.54, 1.807) is 37.4 Å². The molecule has 0 aromatic heterocycles. The molecular formula is C22H28N2O5S. The zero-order valence-corrected chi connectivity index (χ0v) is 18.1. The van der Waals surface area contributed by atoms with Gasteiger partial charge in [0.25, 0.3) is 0 Å². The summed E-state index contributed by atoms with van der Waals surface area (Å²) < 4.78 is 37.9. The normalized spacial score (nSPS) is 16.6. The van der Waals surface area contributed by atoms with Gasteiger partial charge in [0.2, 0.25) is 15.9 Å². The molecule has 1 amide bonds. The number of rotatable bonds is 8. The molecule has 1 fully saturated rings. The van der Waals surface area contributed by atoms with Crippen molar-refractivity contribution in [3.63, 3.8) is 0 Å². The maximum absolute atomic E-state index is 12.7. The number of ether oxygens (including phenoxy) is 2. The van der Waals surface area contributed by atoms with Gasteiger partial charge in [0, 0.05) is 19.0 Å². The van der Waals surface area contributed by atoms with Crippen molar-refractivity contribution in [2.45, 2.75) is 30.7 Å². The number of piperidine rings is 1. The zero-order chi connectivity index (χ0) is 21.6. The van der Waals surface area contributed by atoms with Gasteiger partial charge in [-0.3, -0.25) is 4.79 Å². The molecule has 1 aliphatic rings. The Balaban J connectivity index is 1.48. The minimum atomic E-state index is -3.51. The Bertz CT molecular complexity index is 941. The van der Waals surface area contributed by atoms with Gasteiger partial charge >= 0.3 is 0 Å². The van der Waals surface area contributed by atoms with E-state index in [1.807, 2.05) is 31.2 Å². The van der Waals surface area contributed by atoms with E-state index in [9.17, 15) is 13.2 Å². The second kappa shape index (κ2) is 9.95. The fourth-order valence-electron chi connectivity index (χ4n) is 3.46. The maximum Gasteiger partial charge on any atom is 0.243 e. The summed E-state index contributed by atoms with van der Waals surface area (Å²) in [7, 11) is -1.93. The fraction of sp³-hybridized carbons (Fsp3) is 0.409. The van der Waals surface area contributed by atoms with Crippen LogP contribution in [0.15, 0.2) is 59.5 Å². The number of para-hydroxylation sites is 2. The highest BCUT2D eigenvalue weighted by molar-refractivity contribution is 7.89. The van der Waals surface area contributed by atoms with Crippen LogP contribution in [0.25, 0.3) is 0 Å². The molecule has 162 valence electrons. The first-order valence-electron chi connectivity index (χ1n) is 10.0. The first-order valence-corrected chi connectivity index (χ1v) is 11.5. The molecule has 0 saturated carbocycles. The number of carbonyl (C=O) groups excluding carboxylic acids is 1. The van der Waals surface area contributed by atoms with Crippen LogP contribution in [0, 0.1) is 5.92 Å². The number of hydrogen-bond acceptors (Lipinski definition) is 5. The predicted molar refractivity (Wildman–Crippen MR) is 114 cm³/mol. The second-order valence-electron chi connectivity index (χ2n) is 7.36. The van der Waals surface area contributed by atoms with E-state index in [4.69, 9.17) is 9.47 Å². The van der Waals surface area contributed by atoms with Gasteiger partial charge in [-0.1, -0.05) is 30.3 Å². The highest BCUT2D eigenvalue weighted by Gasteiger charge is 2.32. The average Bonchev–Trinajstić information content (AvgIpc) is 2.78. The van der Waals surface area contributed by atoms with Crippen molar-refractivity contribution in [2.75, 3.05) is 26.8 Å². The van der Waals surface area contributed by atoms with E-state index < -0.39 is 10.0 Å². The summed E-state index contributed by atoms with van der Waals surface area (Å²) in [6, 6.07) is 15.6. The van der Waals surface area contributed by atoms with Crippen LogP contribution in [0.4, 0.5) is 0 Å². The van der Waals surface area contributed by atoms with E-state index in [0.717, 1.165) is 0 Å². The summed E-state index contributed by atoms with van der Waals surface area (Å²) in [4.78, 5) is 12.9. The van der Waals surface area contributed by atoms with Crippen LogP contribution in [0.5, 0.6) is 11.5 Å². The summed E-state index contributed by atoms with van der Waals surface area (Å²) in [6.07, 6.45) is 0.996. The highest BCUT2D eigenvalue weighted by atomic mass is 32.2. The standard InChI is InChI=1S/C22H28N2O5S/c1-17(16-29-21-11-7-6-10-20(21)28-2)23-22(25)18-12-14-24(15-13-18)30(26,27)19-8-4-3-5-9-19/h3-11,17-18H,12-16H2,1-2H3,(H,23,25)/t17-/m0/s1. The molecule has 0 aliphatic carbocycles. The molecule has 2 aromatic rings. The Morgan fingerprint density at radius 1 is 1.07 bits per heavy atom. The lowest BCUT2D eigenvalue weighted by atomic mass is 9.97. The van der Waals surface area contributed by atoms with Gasteiger partial charge in [0.1, 0.15) is 6.61 Å². The smallest absolute Gasteiger partial charge is 0.243 e. The fourth-order valence-corrected chi connectivity index (χ4v) is 4.95. The van der Waals surface area contributed by atoms with Crippen molar-refractivity contribution >= 4 is 15.9 Å². The van der Waals surface area contributed by atoms with Gasteiger partial charge in [0.15, 0.2) is 11.5 Å². The molecule has 30 heavy (non-hydrogen) atoms. The van der Waals surface area contributed by atoms with Gasteiger partial charge in [-0.15, -0.1) is 0 Å². The van der Waals surface area contributed by atoms with E-state index in [-0.39, 0.29) is 22.8 Å². The quantitative estimate of drug-likeness (QED) is 0.693. The first-order chi connectivity index (χ1) is 14.4. The van der Waals surface area contributed by atoms with Crippen molar-refractivity contribution < 1.29 is 22.7 Å². The summed E-state index contributed by atoms with van der Waals surface area (Å²) in [5.74, 6) is 0.993.